The van der Waals surface area contributed by atoms with E-state index in [4.69, 9.17) is 14.2 Å². The molecule has 3 aliphatic rings. The lowest BCUT2D eigenvalue weighted by Gasteiger charge is -2.29. The molecule has 6 unspecified atom stereocenters. The number of hydrogen-bond acceptors (Lipinski definition) is 9. The molecule has 1 saturated heterocycles. The second-order valence-electron chi connectivity index (χ2n) is 5.74. The van der Waals surface area contributed by atoms with Crippen LogP contribution in [-0.2, 0) is 38.1 Å². The number of methoxy groups -OCH3 is 2. The molecule has 9 heteroatoms. The molecule has 0 aromatic heterocycles. The second kappa shape index (κ2) is 5.71. The molecule has 0 radical (unpaired) electrons. The summed E-state index contributed by atoms with van der Waals surface area (Å²) in [4.78, 5) is 46.6. The van der Waals surface area contributed by atoms with Crippen LogP contribution in [0.5, 0.6) is 0 Å². The van der Waals surface area contributed by atoms with Crippen LogP contribution in [0.2, 0.25) is 0 Å². The molecular weight excluding hydrogens is 312 g/mol. The first-order valence-electron chi connectivity index (χ1n) is 7.16. The first kappa shape index (κ1) is 15.6. The van der Waals surface area contributed by atoms with E-state index in [1.54, 1.807) is 0 Å². The minimum atomic E-state index is -1.00. The summed E-state index contributed by atoms with van der Waals surface area (Å²) in [6, 6.07) is 0. The quantitative estimate of drug-likeness (QED) is 0.505. The number of ether oxygens (including phenoxy) is 5. The maximum Gasteiger partial charge on any atom is 0.508 e. The third kappa shape index (κ3) is 2.40. The van der Waals surface area contributed by atoms with Gasteiger partial charge in [-0.05, 0) is 6.42 Å². The van der Waals surface area contributed by atoms with Gasteiger partial charge in [0.25, 0.3) is 0 Å². The predicted octanol–water partition coefficient (Wildman–Crippen LogP) is -0.338. The average Bonchev–Trinajstić information content (AvgIpc) is 3.15. The van der Waals surface area contributed by atoms with E-state index in [1.165, 1.54) is 7.11 Å². The Balaban J connectivity index is 1.69. The van der Waals surface area contributed by atoms with Crippen molar-refractivity contribution < 1.29 is 42.9 Å². The Morgan fingerprint density at radius 2 is 1.91 bits per heavy atom. The van der Waals surface area contributed by atoms with Crippen LogP contribution >= 0.6 is 0 Å². The smallest absolute Gasteiger partial charge is 0.469 e. The fourth-order valence-electron chi connectivity index (χ4n) is 3.97. The summed E-state index contributed by atoms with van der Waals surface area (Å²) in [5, 5.41) is 0. The van der Waals surface area contributed by atoms with Gasteiger partial charge < -0.3 is 23.7 Å². The first-order valence-corrected chi connectivity index (χ1v) is 7.16. The van der Waals surface area contributed by atoms with Crippen molar-refractivity contribution >= 4 is 24.1 Å². The summed E-state index contributed by atoms with van der Waals surface area (Å²) >= 11 is 0. The molecule has 1 heterocycles. The number of fused-ring (bicyclic) bond motifs is 1. The number of rotatable bonds is 4. The molecule has 23 heavy (non-hydrogen) atoms. The normalized spacial score (nSPS) is 36.3. The van der Waals surface area contributed by atoms with Gasteiger partial charge in [0, 0.05) is 11.8 Å². The van der Waals surface area contributed by atoms with Crippen LogP contribution in [0.25, 0.3) is 0 Å². The molecule has 3 fully saturated rings. The topological polar surface area (TPSA) is 114 Å². The Morgan fingerprint density at radius 3 is 2.57 bits per heavy atom. The fraction of sp³-hybridized carbons (Fsp3) is 0.714. The molecular formula is C14H16O9. The standard InChI is InChI=1S/C14H16O9/c1-19-12(16)8-5-3-6-9(8)13(17)23-11(6)10(5)22-7(15)4-21-14(18)20-2/h5-6,8-11H,3-4H2,1-2H3. The van der Waals surface area contributed by atoms with Crippen molar-refractivity contribution in [2.45, 2.75) is 18.6 Å². The summed E-state index contributed by atoms with van der Waals surface area (Å²) in [6.07, 6.45) is -1.74. The Morgan fingerprint density at radius 1 is 1.17 bits per heavy atom. The monoisotopic (exact) mass is 328 g/mol. The largest absolute Gasteiger partial charge is 0.508 e. The molecule has 0 N–H and O–H groups in total. The maximum absolute atomic E-state index is 12.0. The minimum absolute atomic E-state index is 0.157. The third-order valence-corrected chi connectivity index (χ3v) is 4.76. The van der Waals surface area contributed by atoms with E-state index in [0.717, 1.165) is 7.11 Å². The van der Waals surface area contributed by atoms with Gasteiger partial charge in [-0.1, -0.05) is 0 Å². The molecule has 2 saturated carbocycles. The summed E-state index contributed by atoms with van der Waals surface area (Å²) in [5.74, 6) is -3.45. The highest BCUT2D eigenvalue weighted by Crippen LogP contribution is 2.58. The highest BCUT2D eigenvalue weighted by atomic mass is 16.7. The van der Waals surface area contributed by atoms with E-state index in [9.17, 15) is 19.2 Å². The van der Waals surface area contributed by atoms with Gasteiger partial charge in [0.15, 0.2) is 6.61 Å². The van der Waals surface area contributed by atoms with Gasteiger partial charge in [0.1, 0.15) is 12.2 Å². The molecule has 1 aliphatic heterocycles. The number of carbonyl (C=O) groups excluding carboxylic acids is 4. The number of carbonyl (C=O) groups is 4. The van der Waals surface area contributed by atoms with Crippen molar-refractivity contribution in [3.8, 4) is 0 Å². The Kier molecular flexibility index (Phi) is 3.87. The lowest BCUT2D eigenvalue weighted by atomic mass is 9.78. The van der Waals surface area contributed by atoms with Crippen molar-refractivity contribution in [2.24, 2.45) is 23.7 Å². The molecule has 6 atom stereocenters. The summed E-state index contributed by atoms with van der Waals surface area (Å²) < 4.78 is 24.1. The first-order chi connectivity index (χ1) is 11.0. The van der Waals surface area contributed by atoms with E-state index in [0.29, 0.717) is 6.42 Å². The van der Waals surface area contributed by atoms with Gasteiger partial charge in [-0.3, -0.25) is 9.59 Å². The summed E-state index contributed by atoms with van der Waals surface area (Å²) in [6.45, 7) is -0.618. The van der Waals surface area contributed by atoms with Crippen molar-refractivity contribution in [3.63, 3.8) is 0 Å². The van der Waals surface area contributed by atoms with Gasteiger partial charge in [-0.15, -0.1) is 0 Å². The minimum Gasteiger partial charge on any atom is -0.469 e. The van der Waals surface area contributed by atoms with Crippen LogP contribution in [-0.4, -0.2) is 57.1 Å². The van der Waals surface area contributed by atoms with Crippen molar-refractivity contribution in [2.75, 3.05) is 20.8 Å². The predicted molar refractivity (Wildman–Crippen MR) is 68.7 cm³/mol. The zero-order valence-corrected chi connectivity index (χ0v) is 12.6. The zero-order chi connectivity index (χ0) is 16.7. The highest BCUT2D eigenvalue weighted by molar-refractivity contribution is 5.86. The molecule has 2 aliphatic carbocycles. The van der Waals surface area contributed by atoms with E-state index in [1.807, 2.05) is 0 Å². The lowest BCUT2D eigenvalue weighted by Crippen LogP contribution is -2.44. The van der Waals surface area contributed by atoms with Crippen LogP contribution in [0.15, 0.2) is 0 Å². The van der Waals surface area contributed by atoms with Crippen LogP contribution < -0.4 is 0 Å². The molecule has 9 nitrogen and oxygen atoms in total. The van der Waals surface area contributed by atoms with Crippen LogP contribution in [0.3, 0.4) is 0 Å². The Hall–Kier alpha value is -2.32. The summed E-state index contributed by atoms with van der Waals surface area (Å²) in [5.41, 5.74) is 0. The van der Waals surface area contributed by atoms with Gasteiger partial charge in [-0.2, -0.15) is 0 Å². The van der Waals surface area contributed by atoms with Crippen molar-refractivity contribution in [1.82, 2.24) is 0 Å². The average molecular weight is 328 g/mol. The van der Waals surface area contributed by atoms with Gasteiger partial charge >= 0.3 is 24.1 Å². The van der Waals surface area contributed by atoms with E-state index in [2.05, 4.69) is 9.47 Å². The van der Waals surface area contributed by atoms with Crippen LogP contribution in [0, 0.1) is 23.7 Å². The number of esters is 3. The third-order valence-electron chi connectivity index (χ3n) is 4.76. The molecule has 0 aromatic rings. The fourth-order valence-corrected chi connectivity index (χ4v) is 3.97. The highest BCUT2D eigenvalue weighted by Gasteiger charge is 2.70. The van der Waals surface area contributed by atoms with Gasteiger partial charge in [-0.25, -0.2) is 9.59 Å². The molecule has 126 valence electrons. The van der Waals surface area contributed by atoms with E-state index >= 15 is 0 Å². The molecule has 0 amide bonds. The molecule has 0 spiro atoms. The second-order valence-corrected chi connectivity index (χ2v) is 5.74. The van der Waals surface area contributed by atoms with Crippen LogP contribution in [0.1, 0.15) is 6.42 Å². The zero-order valence-electron chi connectivity index (χ0n) is 12.6. The Labute approximate surface area is 131 Å². The number of hydrogen-bond donors (Lipinski definition) is 0. The van der Waals surface area contributed by atoms with Gasteiger partial charge in [0.2, 0.25) is 0 Å². The molecule has 2 bridgehead atoms. The van der Waals surface area contributed by atoms with Crippen molar-refractivity contribution in [1.29, 1.82) is 0 Å². The molecule has 0 aromatic carbocycles. The van der Waals surface area contributed by atoms with E-state index < -0.39 is 54.7 Å². The maximum atomic E-state index is 12.0. The lowest BCUT2D eigenvalue weighted by molar-refractivity contribution is -0.167. The SMILES string of the molecule is COC(=O)OCC(=O)OC1C2CC3C1OC(=O)C3C2C(=O)OC. The van der Waals surface area contributed by atoms with E-state index in [-0.39, 0.29) is 11.8 Å². The molecule has 3 rings (SSSR count). The summed E-state index contributed by atoms with van der Waals surface area (Å²) in [7, 11) is 2.36. The van der Waals surface area contributed by atoms with Gasteiger partial charge in [0.05, 0.1) is 26.1 Å². The Bertz CT molecular complexity index is 556. The van der Waals surface area contributed by atoms with Crippen LogP contribution in [0.4, 0.5) is 4.79 Å². The van der Waals surface area contributed by atoms with Crippen molar-refractivity contribution in [3.05, 3.63) is 0 Å².